The number of amides is 1. The molecule has 28 heavy (non-hydrogen) atoms. The summed E-state index contributed by atoms with van der Waals surface area (Å²) in [5, 5.41) is 5.79. The van der Waals surface area contributed by atoms with Crippen molar-refractivity contribution in [2.75, 3.05) is 36.9 Å². The minimum Gasteiger partial charge on any atom is -0.492 e. The van der Waals surface area contributed by atoms with Gasteiger partial charge >= 0.3 is 0 Å². The third kappa shape index (κ3) is 4.82. The van der Waals surface area contributed by atoms with Gasteiger partial charge in [0.05, 0.1) is 23.7 Å². The molecule has 0 saturated carbocycles. The Morgan fingerprint density at radius 1 is 1.11 bits per heavy atom. The van der Waals surface area contributed by atoms with Gasteiger partial charge in [0.25, 0.3) is 0 Å². The van der Waals surface area contributed by atoms with E-state index in [1.165, 1.54) is 4.31 Å². The van der Waals surface area contributed by atoms with Gasteiger partial charge in [0, 0.05) is 18.8 Å². The molecule has 2 N–H and O–H groups in total. The monoisotopic (exact) mass is 403 g/mol. The number of nitrogens with one attached hydrogen (secondary N) is 2. The fourth-order valence-corrected chi connectivity index (χ4v) is 4.64. The Kier molecular flexibility index (Phi) is 6.53. The van der Waals surface area contributed by atoms with Crippen LogP contribution in [-0.2, 0) is 14.8 Å². The molecular formula is C20H25N3O4S. The Balaban J connectivity index is 1.63. The predicted octanol–water partition coefficient (Wildman–Crippen LogP) is 2.92. The van der Waals surface area contributed by atoms with Gasteiger partial charge in [0.1, 0.15) is 5.75 Å². The summed E-state index contributed by atoms with van der Waals surface area (Å²) in [6.45, 7) is 3.50. The van der Waals surface area contributed by atoms with Gasteiger partial charge in [0.15, 0.2) is 0 Å². The molecule has 8 heteroatoms. The molecule has 0 atom stereocenters. The maximum Gasteiger partial charge on any atom is 0.243 e. The molecule has 1 saturated heterocycles. The number of para-hydroxylation sites is 2. The van der Waals surface area contributed by atoms with Crippen LogP contribution in [0.3, 0.4) is 0 Å². The van der Waals surface area contributed by atoms with E-state index in [0.29, 0.717) is 36.8 Å². The van der Waals surface area contributed by atoms with Crippen molar-refractivity contribution >= 4 is 27.3 Å². The highest BCUT2D eigenvalue weighted by Crippen LogP contribution is 2.24. The summed E-state index contributed by atoms with van der Waals surface area (Å²) in [5.74, 6) is 0.358. The molecule has 2 aromatic carbocycles. The second kappa shape index (κ2) is 9.07. The molecule has 0 radical (unpaired) electrons. The van der Waals surface area contributed by atoms with Crippen LogP contribution in [0.5, 0.6) is 5.75 Å². The van der Waals surface area contributed by atoms with Gasteiger partial charge in [-0.25, -0.2) is 8.42 Å². The van der Waals surface area contributed by atoms with E-state index >= 15 is 0 Å². The van der Waals surface area contributed by atoms with E-state index in [9.17, 15) is 13.2 Å². The zero-order valence-electron chi connectivity index (χ0n) is 15.8. The van der Waals surface area contributed by atoms with Crippen LogP contribution in [0.15, 0.2) is 53.4 Å². The topological polar surface area (TPSA) is 87.7 Å². The van der Waals surface area contributed by atoms with Gasteiger partial charge in [-0.05, 0) is 50.1 Å². The normalized spacial score (nSPS) is 14.6. The molecule has 0 aromatic heterocycles. The number of sulfonamides is 1. The number of nitrogens with zero attached hydrogens (tertiary/aromatic N) is 1. The first-order valence-electron chi connectivity index (χ1n) is 9.36. The molecule has 2 aromatic rings. The number of benzene rings is 2. The summed E-state index contributed by atoms with van der Waals surface area (Å²) < 4.78 is 32.3. The van der Waals surface area contributed by atoms with Crippen LogP contribution in [0.1, 0.15) is 19.8 Å². The third-order valence-corrected chi connectivity index (χ3v) is 6.35. The molecule has 0 unspecified atom stereocenters. The molecule has 1 heterocycles. The number of carbonyl (C=O) groups excluding carboxylic acids is 1. The van der Waals surface area contributed by atoms with Crippen LogP contribution >= 0.6 is 0 Å². The van der Waals surface area contributed by atoms with Gasteiger partial charge in [0.2, 0.25) is 15.9 Å². The largest absolute Gasteiger partial charge is 0.492 e. The van der Waals surface area contributed by atoms with Crippen molar-refractivity contribution in [1.29, 1.82) is 0 Å². The number of hydrogen-bond acceptors (Lipinski definition) is 5. The molecular weight excluding hydrogens is 378 g/mol. The zero-order chi connectivity index (χ0) is 20.0. The Morgan fingerprint density at radius 3 is 2.61 bits per heavy atom. The molecule has 150 valence electrons. The van der Waals surface area contributed by atoms with Crippen LogP contribution in [-0.4, -0.2) is 44.9 Å². The zero-order valence-corrected chi connectivity index (χ0v) is 16.7. The number of ether oxygens (including phenoxy) is 1. The number of carbonyl (C=O) groups is 1. The van der Waals surface area contributed by atoms with E-state index in [0.717, 1.165) is 12.8 Å². The minimum absolute atomic E-state index is 0.00761. The van der Waals surface area contributed by atoms with Gasteiger partial charge in [-0.2, -0.15) is 4.31 Å². The van der Waals surface area contributed by atoms with Crippen molar-refractivity contribution in [3.8, 4) is 5.75 Å². The Labute approximate surface area is 165 Å². The summed E-state index contributed by atoms with van der Waals surface area (Å²) in [7, 11) is -3.48. The number of hydrogen-bond donors (Lipinski definition) is 2. The fourth-order valence-electron chi connectivity index (χ4n) is 3.07. The second-order valence-electron chi connectivity index (χ2n) is 6.47. The van der Waals surface area contributed by atoms with Crippen LogP contribution < -0.4 is 15.4 Å². The molecule has 3 rings (SSSR count). The summed E-state index contributed by atoms with van der Waals surface area (Å²) in [5.41, 5.74) is 1.18. The van der Waals surface area contributed by atoms with Crippen LogP contribution in [0.2, 0.25) is 0 Å². The molecule has 1 amide bonds. The summed E-state index contributed by atoms with van der Waals surface area (Å²) in [6, 6.07) is 13.8. The smallest absolute Gasteiger partial charge is 0.243 e. The van der Waals surface area contributed by atoms with E-state index < -0.39 is 10.0 Å². The van der Waals surface area contributed by atoms with Crippen LogP contribution in [0.25, 0.3) is 0 Å². The average Bonchev–Trinajstić information content (AvgIpc) is 3.24. The molecule has 1 aliphatic rings. The SMILES string of the molecule is CCOc1ccccc1NC(=O)CNc1cccc(S(=O)(=O)N2CCCC2)c1. The molecule has 7 nitrogen and oxygen atoms in total. The fraction of sp³-hybridized carbons (Fsp3) is 0.350. The maximum absolute atomic E-state index is 12.7. The van der Waals surface area contributed by atoms with E-state index in [2.05, 4.69) is 10.6 Å². The van der Waals surface area contributed by atoms with Crippen molar-refractivity contribution in [2.45, 2.75) is 24.7 Å². The molecule has 0 aliphatic carbocycles. The van der Waals surface area contributed by atoms with E-state index in [1.54, 1.807) is 36.4 Å². The molecule has 0 spiro atoms. The quantitative estimate of drug-likeness (QED) is 0.708. The Bertz CT molecular complexity index is 925. The first-order valence-corrected chi connectivity index (χ1v) is 10.8. The minimum atomic E-state index is -3.48. The van der Waals surface area contributed by atoms with Crippen molar-refractivity contribution in [2.24, 2.45) is 0 Å². The van der Waals surface area contributed by atoms with Crippen molar-refractivity contribution in [1.82, 2.24) is 4.31 Å². The number of anilines is 2. The standard InChI is InChI=1S/C20H25N3O4S/c1-2-27-19-11-4-3-10-18(19)22-20(24)15-21-16-8-7-9-17(14-16)28(25,26)23-12-5-6-13-23/h3-4,7-11,14,21H,2,5-6,12-13,15H2,1H3,(H,22,24). The van der Waals surface area contributed by atoms with E-state index in [-0.39, 0.29) is 17.3 Å². The molecule has 1 aliphatic heterocycles. The average molecular weight is 404 g/mol. The lowest BCUT2D eigenvalue weighted by atomic mass is 10.3. The highest BCUT2D eigenvalue weighted by Gasteiger charge is 2.27. The van der Waals surface area contributed by atoms with E-state index in [4.69, 9.17) is 4.74 Å². The Morgan fingerprint density at radius 2 is 1.86 bits per heavy atom. The lowest BCUT2D eigenvalue weighted by molar-refractivity contribution is -0.114. The van der Waals surface area contributed by atoms with Crippen LogP contribution in [0.4, 0.5) is 11.4 Å². The third-order valence-electron chi connectivity index (χ3n) is 4.45. The van der Waals surface area contributed by atoms with Gasteiger partial charge in [-0.15, -0.1) is 0 Å². The van der Waals surface area contributed by atoms with Gasteiger partial charge in [-0.3, -0.25) is 4.79 Å². The maximum atomic E-state index is 12.7. The summed E-state index contributed by atoms with van der Waals surface area (Å²) in [4.78, 5) is 12.5. The molecule has 0 bridgehead atoms. The van der Waals surface area contributed by atoms with E-state index in [1.807, 2.05) is 19.1 Å². The first-order chi connectivity index (χ1) is 13.5. The van der Waals surface area contributed by atoms with Gasteiger partial charge < -0.3 is 15.4 Å². The Hall–Kier alpha value is -2.58. The highest BCUT2D eigenvalue weighted by molar-refractivity contribution is 7.89. The molecule has 1 fully saturated rings. The summed E-state index contributed by atoms with van der Waals surface area (Å²) >= 11 is 0. The van der Waals surface area contributed by atoms with Crippen molar-refractivity contribution < 1.29 is 17.9 Å². The lowest BCUT2D eigenvalue weighted by Gasteiger charge is -2.16. The number of rotatable bonds is 8. The van der Waals surface area contributed by atoms with Crippen LogP contribution in [0, 0.1) is 0 Å². The van der Waals surface area contributed by atoms with Crippen molar-refractivity contribution in [3.63, 3.8) is 0 Å². The van der Waals surface area contributed by atoms with Gasteiger partial charge in [-0.1, -0.05) is 18.2 Å². The lowest BCUT2D eigenvalue weighted by Crippen LogP contribution is -2.28. The second-order valence-corrected chi connectivity index (χ2v) is 8.41. The first kappa shape index (κ1) is 20.2. The predicted molar refractivity (Wildman–Crippen MR) is 109 cm³/mol. The summed E-state index contributed by atoms with van der Waals surface area (Å²) in [6.07, 6.45) is 1.78. The highest BCUT2D eigenvalue weighted by atomic mass is 32.2. The van der Waals surface area contributed by atoms with Crippen molar-refractivity contribution in [3.05, 3.63) is 48.5 Å².